The van der Waals surface area contributed by atoms with Gasteiger partial charge in [0.05, 0.1) is 34.4 Å². The number of ether oxygens (including phenoxy) is 3. The number of rotatable bonds is 43. The second kappa shape index (κ2) is 44.8. The number of carboxylic acids is 1. The molecule has 1 N–H and O–H groups in total. The first kappa shape index (κ1) is 59.2. The summed E-state index contributed by atoms with van der Waals surface area (Å²) < 4.78 is 17.3. The molecule has 0 spiro atoms. The Kier molecular flexibility index (Phi) is 42.2. The third kappa shape index (κ3) is 43.3. The molecule has 8 heteroatoms. The minimum Gasteiger partial charge on any atom is -0.477 e. The second-order valence-electron chi connectivity index (χ2n) is 17.3. The molecule has 2 unspecified atom stereocenters. The topological polar surface area (TPSA) is 99.1 Å². The van der Waals surface area contributed by atoms with E-state index in [2.05, 4.69) is 111 Å². The molecule has 0 aliphatic rings. The Balaban J connectivity index is 4.31. The summed E-state index contributed by atoms with van der Waals surface area (Å²) in [5.41, 5.74) is 0. The van der Waals surface area contributed by atoms with Gasteiger partial charge in [-0.2, -0.15) is 0 Å². The molecule has 0 rings (SSSR count). The average Bonchev–Trinajstić information content (AvgIpc) is 3.24. The summed E-state index contributed by atoms with van der Waals surface area (Å²) in [6.07, 6.45) is 60.2. The first-order valence-corrected chi connectivity index (χ1v) is 24.8. The van der Waals surface area contributed by atoms with Crippen molar-refractivity contribution in [1.82, 2.24) is 0 Å². The van der Waals surface area contributed by atoms with E-state index in [0.717, 1.165) is 109 Å². The average molecular weight is 879 g/mol. The number of carbonyl (C=O) groups is 3. The summed E-state index contributed by atoms with van der Waals surface area (Å²) in [5, 5.41) is 9.65. The van der Waals surface area contributed by atoms with Gasteiger partial charge in [0, 0.05) is 19.3 Å². The molecule has 0 heterocycles. The Bertz CT molecular complexity index is 1350. The summed E-state index contributed by atoms with van der Waals surface area (Å²) >= 11 is 0. The van der Waals surface area contributed by atoms with Crippen LogP contribution in [0.1, 0.15) is 181 Å². The van der Waals surface area contributed by atoms with E-state index in [1.165, 1.54) is 38.5 Å². The van der Waals surface area contributed by atoms with Crippen LogP contribution in [0, 0.1) is 0 Å². The maximum atomic E-state index is 12.8. The number of nitrogens with zero attached hydrogens (tertiary/aromatic N) is 1. The molecule has 63 heavy (non-hydrogen) atoms. The monoisotopic (exact) mass is 879 g/mol. The number of allylic oxidation sites excluding steroid dienone is 16. The number of esters is 2. The van der Waals surface area contributed by atoms with Crippen molar-refractivity contribution in [2.24, 2.45) is 0 Å². The van der Waals surface area contributed by atoms with Crippen molar-refractivity contribution in [2.45, 2.75) is 193 Å². The molecule has 0 aliphatic carbocycles. The number of hydrogen-bond donors (Lipinski definition) is 1. The Morgan fingerprint density at radius 2 is 0.841 bits per heavy atom. The standard InChI is InChI=1S/C55H91NO7/c1-6-8-10-12-14-16-18-20-22-24-25-26-27-28-29-30-32-33-35-37-39-41-43-45-53(57)62-50-51(49-61-48-47-52(55(59)60)56(3,4)5)63-54(58)46-44-42-40-38-36-34-31-23-21-19-17-15-13-11-9-7-2/h8-11,14-17,20-23,25-26,28-29,51-52H,6-7,12-13,18-19,24,27,30-50H2,1-5H3/p+1/b10-8+,11-9+,16-14+,17-15+,22-20+,23-21+,26-25+,29-28+. The largest absolute Gasteiger partial charge is 0.477 e. The van der Waals surface area contributed by atoms with Gasteiger partial charge in [0.1, 0.15) is 6.61 Å². The van der Waals surface area contributed by atoms with Crippen molar-refractivity contribution in [3.8, 4) is 0 Å². The number of hydrogen-bond acceptors (Lipinski definition) is 6. The molecule has 0 aliphatic heterocycles. The quantitative estimate of drug-likeness (QED) is 0.0282. The molecule has 0 aromatic carbocycles. The normalized spacial score (nSPS) is 13.7. The first-order chi connectivity index (χ1) is 30.6. The van der Waals surface area contributed by atoms with E-state index in [1.54, 1.807) is 0 Å². The Morgan fingerprint density at radius 3 is 1.24 bits per heavy atom. The molecule has 0 fully saturated rings. The fourth-order valence-corrected chi connectivity index (χ4v) is 6.72. The Labute approximate surface area is 386 Å². The van der Waals surface area contributed by atoms with E-state index in [-0.39, 0.29) is 36.2 Å². The van der Waals surface area contributed by atoms with Gasteiger partial charge >= 0.3 is 17.9 Å². The number of carbonyl (C=O) groups excluding carboxylic acids is 2. The van der Waals surface area contributed by atoms with Gasteiger partial charge in [-0.15, -0.1) is 0 Å². The summed E-state index contributed by atoms with van der Waals surface area (Å²) in [4.78, 5) is 37.1. The van der Waals surface area contributed by atoms with Crippen LogP contribution in [0.15, 0.2) is 97.2 Å². The summed E-state index contributed by atoms with van der Waals surface area (Å²) in [6, 6.07) is -0.625. The van der Waals surface area contributed by atoms with Crippen molar-refractivity contribution in [3.63, 3.8) is 0 Å². The van der Waals surface area contributed by atoms with Crippen LogP contribution < -0.4 is 0 Å². The molecule has 2 atom stereocenters. The Hall–Kier alpha value is -3.75. The first-order valence-electron chi connectivity index (χ1n) is 24.8. The fourth-order valence-electron chi connectivity index (χ4n) is 6.72. The van der Waals surface area contributed by atoms with Gasteiger partial charge in [0.25, 0.3) is 0 Å². The van der Waals surface area contributed by atoms with Gasteiger partial charge in [-0.05, 0) is 89.9 Å². The molecule has 0 bridgehead atoms. The lowest BCUT2D eigenvalue weighted by Crippen LogP contribution is -2.50. The lowest BCUT2D eigenvalue weighted by atomic mass is 10.1. The van der Waals surface area contributed by atoms with E-state index in [1.807, 2.05) is 21.1 Å². The van der Waals surface area contributed by atoms with E-state index in [9.17, 15) is 19.5 Å². The minimum absolute atomic E-state index is 0.0462. The second-order valence-corrected chi connectivity index (χ2v) is 17.3. The zero-order valence-electron chi connectivity index (χ0n) is 40.7. The number of aliphatic carboxylic acids is 1. The highest BCUT2D eigenvalue weighted by Crippen LogP contribution is 2.14. The van der Waals surface area contributed by atoms with Gasteiger partial charge in [0.2, 0.25) is 0 Å². The van der Waals surface area contributed by atoms with Crippen LogP contribution in [0.5, 0.6) is 0 Å². The molecule has 0 aromatic rings. The minimum atomic E-state index is -0.883. The predicted octanol–water partition coefficient (Wildman–Crippen LogP) is 14.2. The molecule has 0 radical (unpaired) electrons. The molecule has 0 amide bonds. The smallest absolute Gasteiger partial charge is 0.362 e. The van der Waals surface area contributed by atoms with Crippen LogP contribution in [0.4, 0.5) is 0 Å². The molecule has 0 aromatic heterocycles. The zero-order valence-corrected chi connectivity index (χ0v) is 40.7. The predicted molar refractivity (Wildman–Crippen MR) is 266 cm³/mol. The van der Waals surface area contributed by atoms with Crippen LogP contribution in [0.25, 0.3) is 0 Å². The van der Waals surface area contributed by atoms with E-state index in [4.69, 9.17) is 14.2 Å². The molecular weight excluding hydrogens is 787 g/mol. The van der Waals surface area contributed by atoms with E-state index < -0.39 is 18.1 Å². The van der Waals surface area contributed by atoms with Crippen LogP contribution in [0.2, 0.25) is 0 Å². The highest BCUT2D eigenvalue weighted by Gasteiger charge is 2.31. The summed E-state index contributed by atoms with van der Waals surface area (Å²) in [5.74, 6) is -1.51. The lowest BCUT2D eigenvalue weighted by Gasteiger charge is -2.31. The van der Waals surface area contributed by atoms with Crippen LogP contribution >= 0.6 is 0 Å². The SMILES string of the molecule is CC/C=C/C/C=C/C/C=C/C/C=C/C/C=C/CCCCCCCCCC(=O)OCC(COCCC(C(=O)O)[N+](C)(C)C)OC(=O)CCCCCCCC/C=C/C/C=C/C/C=C/CC. The lowest BCUT2D eigenvalue weighted by molar-refractivity contribution is -0.887. The highest BCUT2D eigenvalue weighted by atomic mass is 16.6. The number of unbranched alkanes of at least 4 members (excludes halogenated alkanes) is 13. The van der Waals surface area contributed by atoms with Gasteiger partial charge in [-0.3, -0.25) is 9.59 Å². The van der Waals surface area contributed by atoms with Gasteiger partial charge in [-0.1, -0.05) is 169 Å². The van der Waals surface area contributed by atoms with Crippen molar-refractivity contribution in [1.29, 1.82) is 0 Å². The highest BCUT2D eigenvalue weighted by molar-refractivity contribution is 5.72. The van der Waals surface area contributed by atoms with Crippen LogP contribution in [0.3, 0.4) is 0 Å². The third-order valence-corrected chi connectivity index (χ3v) is 10.5. The molecule has 8 nitrogen and oxygen atoms in total. The maximum Gasteiger partial charge on any atom is 0.362 e. The van der Waals surface area contributed by atoms with Crippen LogP contribution in [-0.2, 0) is 28.6 Å². The van der Waals surface area contributed by atoms with Gasteiger partial charge < -0.3 is 23.8 Å². The number of likely N-dealkylation sites (N-methyl/N-ethyl adjacent to an activating group) is 1. The van der Waals surface area contributed by atoms with E-state index >= 15 is 0 Å². The number of carboxylic acid groups (broad SMARTS) is 1. The summed E-state index contributed by atoms with van der Waals surface area (Å²) in [7, 11) is 5.51. The molecule has 0 saturated carbocycles. The summed E-state index contributed by atoms with van der Waals surface area (Å²) in [6.45, 7) is 4.48. The maximum absolute atomic E-state index is 12.8. The van der Waals surface area contributed by atoms with Crippen LogP contribution in [-0.4, -0.2) is 80.6 Å². The Morgan fingerprint density at radius 1 is 0.476 bits per heavy atom. The molecule has 358 valence electrons. The number of quaternary nitrogens is 1. The molecular formula is C55H92NO7+. The molecule has 0 saturated heterocycles. The van der Waals surface area contributed by atoms with Gasteiger partial charge in [0.15, 0.2) is 12.1 Å². The van der Waals surface area contributed by atoms with Gasteiger partial charge in [-0.25, -0.2) is 4.79 Å². The fraction of sp³-hybridized carbons (Fsp3) is 0.655. The van der Waals surface area contributed by atoms with Crippen molar-refractivity contribution in [2.75, 3.05) is 41.0 Å². The zero-order chi connectivity index (χ0) is 46.3. The van der Waals surface area contributed by atoms with E-state index in [0.29, 0.717) is 19.3 Å². The van der Waals surface area contributed by atoms with Crippen molar-refractivity contribution < 1.29 is 38.2 Å². The van der Waals surface area contributed by atoms with Crippen molar-refractivity contribution >= 4 is 17.9 Å². The van der Waals surface area contributed by atoms with Crippen molar-refractivity contribution in [3.05, 3.63) is 97.2 Å². The third-order valence-electron chi connectivity index (χ3n) is 10.5.